The first-order valence-electron chi connectivity index (χ1n) is 10.7. The number of nitrogens with one attached hydrogen (secondary N) is 1. The second-order valence-electron chi connectivity index (χ2n) is 8.97. The molecule has 166 valence electrons. The van der Waals surface area contributed by atoms with E-state index in [1.807, 2.05) is 0 Å². The minimum Gasteiger partial charge on any atom is -0.492 e. The highest BCUT2D eigenvalue weighted by molar-refractivity contribution is 5.86. The lowest BCUT2D eigenvalue weighted by Crippen LogP contribution is -2.49. The van der Waals surface area contributed by atoms with E-state index in [1.165, 1.54) is 31.2 Å². The van der Waals surface area contributed by atoms with Crippen LogP contribution in [0.25, 0.3) is 0 Å². The Balaban J connectivity index is 1.59. The van der Waals surface area contributed by atoms with Crippen LogP contribution >= 0.6 is 0 Å². The summed E-state index contributed by atoms with van der Waals surface area (Å²) in [6, 6.07) is 6.12. The van der Waals surface area contributed by atoms with Crippen LogP contribution in [0.1, 0.15) is 56.2 Å². The summed E-state index contributed by atoms with van der Waals surface area (Å²) in [6.45, 7) is 2.33. The summed E-state index contributed by atoms with van der Waals surface area (Å²) in [7, 11) is 0. The standard InChI is InChI=1S/C23H27F2N3O3/c1-22(21(26)30,19-6-5-17(12-27-19)31-13-14-2-3-14)16-8-9-23(24,25)18(10-16)15-4-7-20(29)28-11-15/h4-7,11-12,14,16,18H,2-3,8-10,13H2,1H3,(H2,26,30)(H,28,29)/t16?,18-,22?/m1/s1. The highest BCUT2D eigenvalue weighted by Crippen LogP contribution is 2.51. The molecule has 31 heavy (non-hydrogen) atoms. The van der Waals surface area contributed by atoms with Crippen molar-refractivity contribution in [1.82, 2.24) is 9.97 Å². The van der Waals surface area contributed by atoms with Crippen molar-refractivity contribution in [3.05, 3.63) is 58.3 Å². The third-order valence-electron chi connectivity index (χ3n) is 6.85. The summed E-state index contributed by atoms with van der Waals surface area (Å²) < 4.78 is 35.3. The number of nitrogens with zero attached hydrogens (tertiary/aromatic N) is 1. The Hall–Kier alpha value is -2.77. The van der Waals surface area contributed by atoms with Gasteiger partial charge in [0, 0.05) is 24.6 Å². The van der Waals surface area contributed by atoms with Crippen LogP contribution in [-0.4, -0.2) is 28.4 Å². The van der Waals surface area contributed by atoms with E-state index in [4.69, 9.17) is 10.5 Å². The highest BCUT2D eigenvalue weighted by atomic mass is 19.3. The van der Waals surface area contributed by atoms with Crippen LogP contribution in [0.15, 0.2) is 41.5 Å². The highest BCUT2D eigenvalue weighted by Gasteiger charge is 2.52. The van der Waals surface area contributed by atoms with Gasteiger partial charge in [0.1, 0.15) is 5.75 Å². The number of ether oxygens (including phenoxy) is 1. The van der Waals surface area contributed by atoms with Crippen molar-refractivity contribution >= 4 is 5.91 Å². The van der Waals surface area contributed by atoms with Crippen LogP contribution in [0, 0.1) is 11.8 Å². The summed E-state index contributed by atoms with van der Waals surface area (Å²) in [5.41, 5.74) is 5.05. The molecule has 3 atom stereocenters. The van der Waals surface area contributed by atoms with Crippen LogP contribution in [0.5, 0.6) is 5.75 Å². The zero-order chi connectivity index (χ0) is 22.2. The van der Waals surface area contributed by atoms with E-state index < -0.39 is 29.1 Å². The van der Waals surface area contributed by atoms with Gasteiger partial charge >= 0.3 is 0 Å². The normalized spacial score (nSPS) is 24.9. The number of aromatic amines is 1. The molecule has 4 rings (SSSR count). The number of hydrogen-bond acceptors (Lipinski definition) is 4. The molecule has 8 heteroatoms. The molecule has 1 amide bonds. The van der Waals surface area contributed by atoms with Gasteiger partial charge in [-0.25, -0.2) is 8.78 Å². The number of amides is 1. The number of primary amides is 1. The average Bonchev–Trinajstić information content (AvgIpc) is 3.57. The summed E-state index contributed by atoms with van der Waals surface area (Å²) in [5.74, 6) is -3.87. The first-order chi connectivity index (χ1) is 14.7. The lowest BCUT2D eigenvalue weighted by molar-refractivity contribution is -0.129. The lowest BCUT2D eigenvalue weighted by Gasteiger charge is -2.43. The molecule has 0 spiro atoms. The minimum atomic E-state index is -2.94. The molecule has 2 aromatic heterocycles. The smallest absolute Gasteiger partial charge is 0.254 e. The molecule has 2 heterocycles. The number of H-pyrrole nitrogens is 1. The average molecular weight is 431 g/mol. The fourth-order valence-electron chi connectivity index (χ4n) is 4.47. The van der Waals surface area contributed by atoms with Gasteiger partial charge in [-0.05, 0) is 62.1 Å². The maximum Gasteiger partial charge on any atom is 0.254 e. The Morgan fingerprint density at radius 1 is 1.29 bits per heavy atom. The summed E-state index contributed by atoms with van der Waals surface area (Å²) in [5, 5.41) is 0. The Kier molecular flexibility index (Phi) is 5.58. The Labute approximate surface area is 179 Å². The van der Waals surface area contributed by atoms with E-state index in [0.29, 0.717) is 29.5 Å². The number of rotatable bonds is 7. The molecule has 6 nitrogen and oxygen atoms in total. The molecule has 2 aliphatic rings. The van der Waals surface area contributed by atoms with Crippen molar-refractivity contribution in [2.45, 2.75) is 56.3 Å². The van der Waals surface area contributed by atoms with Crippen LogP contribution < -0.4 is 16.0 Å². The molecule has 2 unspecified atom stereocenters. The number of nitrogens with two attached hydrogens (primary N) is 1. The van der Waals surface area contributed by atoms with Gasteiger partial charge in [0.25, 0.3) is 5.92 Å². The van der Waals surface area contributed by atoms with Crippen molar-refractivity contribution < 1.29 is 18.3 Å². The van der Waals surface area contributed by atoms with Gasteiger partial charge in [0.15, 0.2) is 0 Å². The van der Waals surface area contributed by atoms with E-state index in [1.54, 1.807) is 25.3 Å². The van der Waals surface area contributed by atoms with E-state index >= 15 is 0 Å². The second kappa shape index (κ2) is 8.05. The van der Waals surface area contributed by atoms with Gasteiger partial charge in [0.2, 0.25) is 11.5 Å². The molecule has 2 aliphatic carbocycles. The topological polar surface area (TPSA) is 98.1 Å². The van der Waals surface area contributed by atoms with Crippen molar-refractivity contribution in [3.8, 4) is 5.75 Å². The van der Waals surface area contributed by atoms with E-state index in [-0.39, 0.29) is 24.8 Å². The number of carbonyl (C=O) groups is 1. The van der Waals surface area contributed by atoms with Crippen LogP contribution in [0.3, 0.4) is 0 Å². The number of pyridine rings is 2. The monoisotopic (exact) mass is 431 g/mol. The van der Waals surface area contributed by atoms with E-state index in [0.717, 1.165) is 0 Å². The molecule has 0 radical (unpaired) electrons. The Morgan fingerprint density at radius 2 is 2.06 bits per heavy atom. The van der Waals surface area contributed by atoms with Crippen molar-refractivity contribution in [2.24, 2.45) is 17.6 Å². The number of aromatic nitrogens is 2. The number of alkyl halides is 2. The second-order valence-corrected chi connectivity index (χ2v) is 8.97. The van der Waals surface area contributed by atoms with Gasteiger partial charge in [0.05, 0.1) is 23.9 Å². The summed E-state index contributed by atoms with van der Waals surface area (Å²) in [4.78, 5) is 30.8. The zero-order valence-electron chi connectivity index (χ0n) is 17.4. The summed E-state index contributed by atoms with van der Waals surface area (Å²) >= 11 is 0. The van der Waals surface area contributed by atoms with Gasteiger partial charge in [-0.15, -0.1) is 0 Å². The third-order valence-corrected chi connectivity index (χ3v) is 6.85. The molecule has 2 saturated carbocycles. The quantitative estimate of drug-likeness (QED) is 0.701. The van der Waals surface area contributed by atoms with Crippen LogP contribution in [0.4, 0.5) is 8.78 Å². The predicted octanol–water partition coefficient (Wildman–Crippen LogP) is 3.52. The third kappa shape index (κ3) is 4.34. The molecule has 2 fully saturated rings. The summed E-state index contributed by atoms with van der Waals surface area (Å²) in [6.07, 6.45) is 5.08. The molecular weight excluding hydrogens is 404 g/mol. The Morgan fingerprint density at radius 3 is 2.65 bits per heavy atom. The maximum atomic E-state index is 14.8. The molecular formula is C23H27F2N3O3. The fourth-order valence-corrected chi connectivity index (χ4v) is 4.47. The molecule has 0 aromatic carbocycles. The molecule has 0 saturated heterocycles. The van der Waals surface area contributed by atoms with Crippen molar-refractivity contribution in [1.29, 1.82) is 0 Å². The molecule has 0 bridgehead atoms. The number of halogens is 2. The van der Waals surface area contributed by atoms with Gasteiger partial charge < -0.3 is 15.5 Å². The first kappa shape index (κ1) is 21.5. The fraction of sp³-hybridized carbons (Fsp3) is 0.522. The van der Waals surface area contributed by atoms with Gasteiger partial charge in [-0.2, -0.15) is 0 Å². The zero-order valence-corrected chi connectivity index (χ0v) is 17.4. The molecule has 3 N–H and O–H groups in total. The number of hydrogen-bond donors (Lipinski definition) is 2. The SMILES string of the molecule is CC(C(N)=O)(c1ccc(OCC2CC2)cn1)C1CCC(F)(F)[C@@H](c2ccc(=O)[nH]c2)C1. The van der Waals surface area contributed by atoms with Crippen LogP contribution in [-0.2, 0) is 10.2 Å². The van der Waals surface area contributed by atoms with Crippen molar-refractivity contribution in [3.63, 3.8) is 0 Å². The van der Waals surface area contributed by atoms with E-state index in [2.05, 4.69) is 9.97 Å². The largest absolute Gasteiger partial charge is 0.492 e. The first-order valence-corrected chi connectivity index (χ1v) is 10.7. The van der Waals surface area contributed by atoms with Gasteiger partial charge in [-0.1, -0.05) is 6.07 Å². The van der Waals surface area contributed by atoms with Crippen molar-refractivity contribution in [2.75, 3.05) is 6.61 Å². The number of carbonyl (C=O) groups excluding carboxylic acids is 1. The Bertz CT molecular complexity index is 983. The maximum absolute atomic E-state index is 14.8. The molecule has 2 aromatic rings. The molecule has 0 aliphatic heterocycles. The predicted molar refractivity (Wildman–Crippen MR) is 111 cm³/mol. The minimum absolute atomic E-state index is 0.0557. The van der Waals surface area contributed by atoms with Crippen LogP contribution in [0.2, 0.25) is 0 Å². The lowest BCUT2D eigenvalue weighted by atomic mass is 9.63. The van der Waals surface area contributed by atoms with Gasteiger partial charge in [-0.3, -0.25) is 14.6 Å². The van der Waals surface area contributed by atoms with E-state index in [9.17, 15) is 18.4 Å².